The van der Waals surface area contributed by atoms with Crippen molar-refractivity contribution in [3.63, 3.8) is 0 Å². The van der Waals surface area contributed by atoms with Crippen LogP contribution < -0.4 is 15.6 Å². The zero-order valence-corrected chi connectivity index (χ0v) is 20.7. The second-order valence-corrected chi connectivity index (χ2v) is 12.6. The number of hydrogen-bond donors (Lipinski definition) is 3. The van der Waals surface area contributed by atoms with Gasteiger partial charge < -0.3 is 10.4 Å². The second-order valence-electron chi connectivity index (χ2n) is 8.35. The fourth-order valence-corrected chi connectivity index (χ4v) is 6.17. The molecule has 2 aliphatic rings. The van der Waals surface area contributed by atoms with Crippen molar-refractivity contribution in [3.8, 4) is 16.3 Å². The molecule has 3 aromatic rings. The van der Waals surface area contributed by atoms with Gasteiger partial charge in [0.1, 0.15) is 16.2 Å². The third kappa shape index (κ3) is 4.53. The Morgan fingerprint density at radius 3 is 2.71 bits per heavy atom. The van der Waals surface area contributed by atoms with Gasteiger partial charge in [-0.3, -0.25) is 14.5 Å². The van der Waals surface area contributed by atoms with Crippen molar-refractivity contribution in [2.24, 2.45) is 10.3 Å². The molecule has 2 aromatic heterocycles. The number of nitrogens with one attached hydrogen (secondary N) is 2. The maximum absolute atomic E-state index is 13.4. The first kappa shape index (κ1) is 23.4. The highest BCUT2D eigenvalue weighted by Gasteiger charge is 2.32. The van der Waals surface area contributed by atoms with Crippen molar-refractivity contribution in [1.29, 1.82) is 0 Å². The third-order valence-corrected chi connectivity index (χ3v) is 8.42. The van der Waals surface area contributed by atoms with Gasteiger partial charge in [-0.25, -0.2) is 13.1 Å². The minimum Gasteiger partial charge on any atom is -0.505 e. The Morgan fingerprint density at radius 1 is 1.31 bits per heavy atom. The minimum absolute atomic E-state index is 0.0392. The zero-order valence-electron chi connectivity index (χ0n) is 18.3. The van der Waals surface area contributed by atoms with E-state index in [9.17, 15) is 26.7 Å². The Morgan fingerprint density at radius 2 is 2.09 bits per heavy atom. The van der Waals surface area contributed by atoms with E-state index in [2.05, 4.69) is 24.5 Å². The molecule has 0 radical (unpaired) electrons. The summed E-state index contributed by atoms with van der Waals surface area (Å²) in [5.41, 5.74) is 0.767. The normalized spacial score (nSPS) is 17.1. The average Bonchev–Trinajstić information content (AvgIpc) is 3.25. The number of hydrogen-bond acceptors (Lipinski definition) is 10. The molecule has 1 aliphatic carbocycles. The van der Waals surface area contributed by atoms with Crippen LogP contribution in [0.3, 0.4) is 0 Å². The molecule has 0 bridgehead atoms. The average molecular weight is 537 g/mol. The van der Waals surface area contributed by atoms with Gasteiger partial charge in [-0.1, -0.05) is 6.42 Å². The number of fused-ring (bicyclic) bond motifs is 1. The standard InChI is InChI=1S/C20H20N6O6S3/c1-34(29,30)24-12-5-6-13-15(7-12)35(31,32)25-19(22-13)16-18(27)17(14-8-21-10-33-14)23-26(20(16)28)9-11-3-2-4-11/h5-8,10-11,24,27H,2-4,9H2,1H3,(H,22,25). The lowest BCUT2D eigenvalue weighted by molar-refractivity contribution is 0.261. The van der Waals surface area contributed by atoms with E-state index in [4.69, 9.17) is 0 Å². The van der Waals surface area contributed by atoms with Crippen LogP contribution in [0.1, 0.15) is 24.8 Å². The molecule has 1 fully saturated rings. The van der Waals surface area contributed by atoms with Crippen LogP contribution in [-0.4, -0.2) is 48.8 Å². The van der Waals surface area contributed by atoms with Crippen molar-refractivity contribution >= 4 is 48.6 Å². The predicted molar refractivity (Wildman–Crippen MR) is 131 cm³/mol. The number of benzene rings is 1. The summed E-state index contributed by atoms with van der Waals surface area (Å²) in [5.74, 6) is -0.595. The van der Waals surface area contributed by atoms with Crippen molar-refractivity contribution in [2.75, 3.05) is 16.3 Å². The van der Waals surface area contributed by atoms with Gasteiger partial charge in [-0.15, -0.1) is 15.7 Å². The monoisotopic (exact) mass is 536 g/mol. The van der Waals surface area contributed by atoms with Gasteiger partial charge in [0.05, 0.1) is 22.3 Å². The van der Waals surface area contributed by atoms with Gasteiger partial charge >= 0.3 is 0 Å². The summed E-state index contributed by atoms with van der Waals surface area (Å²) in [6.07, 6.45) is 5.39. The van der Waals surface area contributed by atoms with E-state index < -0.39 is 31.4 Å². The van der Waals surface area contributed by atoms with Gasteiger partial charge in [0.25, 0.3) is 15.6 Å². The lowest BCUT2D eigenvalue weighted by atomic mass is 9.85. The summed E-state index contributed by atoms with van der Waals surface area (Å²) in [6.45, 7) is 0.328. The molecule has 184 valence electrons. The zero-order chi connectivity index (χ0) is 25.0. The molecule has 0 atom stereocenters. The quantitative estimate of drug-likeness (QED) is 0.424. The fourth-order valence-electron chi connectivity index (χ4n) is 3.86. The summed E-state index contributed by atoms with van der Waals surface area (Å²) in [4.78, 5) is 17.6. The summed E-state index contributed by atoms with van der Waals surface area (Å²) >= 11 is 1.21. The van der Waals surface area contributed by atoms with Crippen LogP contribution in [-0.2, 0) is 26.6 Å². The van der Waals surface area contributed by atoms with Crippen molar-refractivity contribution in [2.45, 2.75) is 30.7 Å². The maximum Gasteiger partial charge on any atom is 0.286 e. The SMILES string of the molecule is CS(=O)(=O)Nc1ccc2c(c1)S(=O)(=O)N=C(c1c(O)c(-c3cncs3)nn(CC3CCC3)c1=O)N2. The van der Waals surface area contributed by atoms with Gasteiger partial charge in [0, 0.05) is 18.4 Å². The maximum atomic E-state index is 13.4. The van der Waals surface area contributed by atoms with E-state index in [0.717, 1.165) is 31.6 Å². The second kappa shape index (κ2) is 8.42. The van der Waals surface area contributed by atoms with Crippen LogP contribution in [0.4, 0.5) is 11.4 Å². The lowest BCUT2D eigenvalue weighted by Crippen LogP contribution is -2.36. The van der Waals surface area contributed by atoms with Crippen LogP contribution in [0.2, 0.25) is 0 Å². The summed E-state index contributed by atoms with van der Waals surface area (Å²) in [5, 5.41) is 18.2. The molecule has 0 saturated heterocycles. The Kier molecular flexibility index (Phi) is 5.64. The first-order valence-electron chi connectivity index (χ1n) is 10.5. The van der Waals surface area contributed by atoms with E-state index >= 15 is 0 Å². The number of anilines is 2. The van der Waals surface area contributed by atoms with Gasteiger partial charge in [-0.05, 0) is 37.0 Å². The van der Waals surface area contributed by atoms with Crippen LogP contribution in [0.15, 0.2) is 44.0 Å². The molecular weight excluding hydrogens is 516 g/mol. The molecule has 5 rings (SSSR count). The van der Waals surface area contributed by atoms with Crippen LogP contribution in [0, 0.1) is 5.92 Å². The molecule has 0 amide bonds. The van der Waals surface area contributed by atoms with Crippen molar-refractivity contribution in [3.05, 3.63) is 45.8 Å². The summed E-state index contributed by atoms with van der Waals surface area (Å²) < 4.78 is 56.3. The predicted octanol–water partition coefficient (Wildman–Crippen LogP) is 1.80. The van der Waals surface area contributed by atoms with Gasteiger partial charge in [0.2, 0.25) is 10.0 Å². The molecule has 1 aromatic carbocycles. The Hall–Kier alpha value is -3.30. The molecule has 0 unspecified atom stereocenters. The molecule has 15 heteroatoms. The Bertz CT molecular complexity index is 1620. The number of nitrogens with zero attached hydrogens (tertiary/aromatic N) is 4. The minimum atomic E-state index is -4.35. The Labute approximate surface area is 204 Å². The summed E-state index contributed by atoms with van der Waals surface area (Å²) in [6, 6.07) is 3.85. The number of aromatic nitrogens is 3. The third-order valence-electron chi connectivity index (χ3n) is 5.72. The topological polar surface area (TPSA) is 173 Å². The summed E-state index contributed by atoms with van der Waals surface area (Å²) in [7, 11) is -7.98. The van der Waals surface area contributed by atoms with E-state index in [1.807, 2.05) is 0 Å². The molecule has 3 N–H and O–H groups in total. The first-order valence-corrected chi connectivity index (χ1v) is 14.7. The molecule has 1 aliphatic heterocycles. The highest BCUT2D eigenvalue weighted by Crippen LogP contribution is 2.36. The van der Waals surface area contributed by atoms with Crippen LogP contribution in [0.5, 0.6) is 5.75 Å². The number of thiazole rings is 1. The lowest BCUT2D eigenvalue weighted by Gasteiger charge is -2.26. The van der Waals surface area contributed by atoms with Crippen LogP contribution >= 0.6 is 11.3 Å². The van der Waals surface area contributed by atoms with Crippen molar-refractivity contribution in [1.82, 2.24) is 14.8 Å². The van der Waals surface area contributed by atoms with E-state index in [-0.39, 0.29) is 39.3 Å². The molecule has 12 nitrogen and oxygen atoms in total. The highest BCUT2D eigenvalue weighted by atomic mass is 32.2. The molecule has 3 heterocycles. The van der Waals surface area contributed by atoms with Crippen molar-refractivity contribution < 1.29 is 21.9 Å². The van der Waals surface area contributed by atoms with E-state index in [1.54, 1.807) is 5.51 Å². The number of amidine groups is 1. The van der Waals surface area contributed by atoms with Gasteiger partial charge in [0.15, 0.2) is 11.6 Å². The molecule has 1 saturated carbocycles. The number of sulfonamides is 2. The molecular formula is C20H20N6O6S3. The molecule has 0 spiro atoms. The molecule has 35 heavy (non-hydrogen) atoms. The highest BCUT2D eigenvalue weighted by molar-refractivity contribution is 7.92. The smallest absolute Gasteiger partial charge is 0.286 e. The Balaban J connectivity index is 1.64. The largest absolute Gasteiger partial charge is 0.505 e. The van der Waals surface area contributed by atoms with Crippen LogP contribution in [0.25, 0.3) is 10.6 Å². The van der Waals surface area contributed by atoms with E-state index in [0.29, 0.717) is 11.4 Å². The number of aromatic hydroxyl groups is 1. The fraction of sp³-hybridized carbons (Fsp3) is 0.300. The van der Waals surface area contributed by atoms with Gasteiger partial charge in [-0.2, -0.15) is 13.5 Å². The number of rotatable bonds is 6. The van der Waals surface area contributed by atoms with E-state index in [1.165, 1.54) is 34.3 Å². The first-order chi connectivity index (χ1) is 16.5.